The zero-order valence-corrected chi connectivity index (χ0v) is 17.1. The summed E-state index contributed by atoms with van der Waals surface area (Å²) in [7, 11) is 0. The largest absolute Gasteiger partial charge is 0.508 e. The molecule has 10 nitrogen and oxygen atoms in total. The summed E-state index contributed by atoms with van der Waals surface area (Å²) in [5, 5.41) is 32.2. The van der Waals surface area contributed by atoms with Gasteiger partial charge in [-0.1, -0.05) is 42.5 Å². The van der Waals surface area contributed by atoms with Crippen LogP contribution in [-0.4, -0.2) is 51.3 Å². The fourth-order valence-corrected chi connectivity index (χ4v) is 2.78. The molecule has 2 amide bonds. The number of benzene rings is 2. The zero-order chi connectivity index (χ0) is 23.5. The molecule has 32 heavy (non-hydrogen) atoms. The lowest BCUT2D eigenvalue weighted by Gasteiger charge is -2.21. The van der Waals surface area contributed by atoms with Crippen LogP contribution in [0.15, 0.2) is 54.6 Å². The first kappa shape index (κ1) is 24.2. The summed E-state index contributed by atoms with van der Waals surface area (Å²) in [6.45, 7) is -0.0312. The molecule has 0 aromatic heterocycles. The van der Waals surface area contributed by atoms with Crippen molar-refractivity contribution in [2.24, 2.45) is 0 Å². The second kappa shape index (κ2) is 11.9. The van der Waals surface area contributed by atoms with Crippen LogP contribution in [0.1, 0.15) is 24.0 Å². The second-order valence-electron chi connectivity index (χ2n) is 6.96. The zero-order valence-electron chi connectivity index (χ0n) is 17.1. The summed E-state index contributed by atoms with van der Waals surface area (Å²) in [6, 6.07) is 12.2. The Morgan fingerprint density at radius 2 is 1.50 bits per heavy atom. The Hall–Kier alpha value is -4.08. The molecule has 5 N–H and O–H groups in total. The fraction of sp³-hybridized carbons (Fsp3) is 0.273. The molecular formula is C22H24N2O8. The standard InChI is InChI=1S/C22H24N2O8/c25-16-8-6-14(7-9-16)12-18(20(28)23-17(21(29)30)10-11-19(26)27)24-22(31)32-13-15-4-2-1-3-5-15/h1-9,17-18,25H,10-13H2,(H,23,28)(H,24,31)(H,26,27)(H,29,30). The molecule has 0 fully saturated rings. The van der Waals surface area contributed by atoms with Crippen molar-refractivity contribution in [1.29, 1.82) is 0 Å². The number of phenolic OH excluding ortho intramolecular Hbond substituents is 1. The third-order valence-electron chi connectivity index (χ3n) is 4.46. The highest BCUT2D eigenvalue weighted by molar-refractivity contribution is 5.89. The van der Waals surface area contributed by atoms with Crippen LogP contribution in [0, 0.1) is 0 Å². The lowest BCUT2D eigenvalue weighted by molar-refractivity contribution is -0.143. The van der Waals surface area contributed by atoms with Gasteiger partial charge in [0.1, 0.15) is 24.4 Å². The van der Waals surface area contributed by atoms with Crippen LogP contribution in [-0.2, 0) is 32.1 Å². The monoisotopic (exact) mass is 444 g/mol. The van der Waals surface area contributed by atoms with Gasteiger partial charge in [-0.05, 0) is 29.7 Å². The number of rotatable bonds is 11. The van der Waals surface area contributed by atoms with Gasteiger partial charge in [0.25, 0.3) is 0 Å². The van der Waals surface area contributed by atoms with Crippen LogP contribution in [0.25, 0.3) is 0 Å². The Labute approximate surface area is 183 Å². The van der Waals surface area contributed by atoms with E-state index in [4.69, 9.17) is 9.84 Å². The molecule has 10 heteroatoms. The van der Waals surface area contributed by atoms with Gasteiger partial charge in [0.2, 0.25) is 5.91 Å². The maximum atomic E-state index is 12.7. The predicted molar refractivity (Wildman–Crippen MR) is 112 cm³/mol. The summed E-state index contributed by atoms with van der Waals surface area (Å²) in [5.74, 6) is -3.39. The number of hydrogen-bond donors (Lipinski definition) is 5. The maximum Gasteiger partial charge on any atom is 0.408 e. The lowest BCUT2D eigenvalue weighted by Crippen LogP contribution is -2.52. The molecule has 0 saturated heterocycles. The summed E-state index contributed by atoms with van der Waals surface area (Å²) in [4.78, 5) is 47.2. The van der Waals surface area contributed by atoms with E-state index in [-0.39, 0.29) is 25.2 Å². The van der Waals surface area contributed by atoms with E-state index in [9.17, 15) is 29.4 Å². The minimum absolute atomic E-state index is 0.0161. The van der Waals surface area contributed by atoms with Gasteiger partial charge in [-0.3, -0.25) is 9.59 Å². The smallest absolute Gasteiger partial charge is 0.408 e. The molecule has 2 atom stereocenters. The molecule has 2 unspecified atom stereocenters. The van der Waals surface area contributed by atoms with E-state index in [0.29, 0.717) is 5.56 Å². The molecule has 0 bridgehead atoms. The van der Waals surface area contributed by atoms with Crippen molar-refractivity contribution in [2.75, 3.05) is 0 Å². The fourth-order valence-electron chi connectivity index (χ4n) is 2.78. The van der Waals surface area contributed by atoms with Crippen LogP contribution >= 0.6 is 0 Å². The Bertz CT molecular complexity index is 931. The molecule has 2 rings (SSSR count). The van der Waals surface area contributed by atoms with Crippen LogP contribution in [0.3, 0.4) is 0 Å². The van der Waals surface area contributed by atoms with Gasteiger partial charge in [-0.15, -0.1) is 0 Å². The summed E-state index contributed by atoms with van der Waals surface area (Å²) >= 11 is 0. The minimum atomic E-state index is -1.44. The molecule has 0 saturated carbocycles. The van der Waals surface area contributed by atoms with Crippen molar-refractivity contribution in [2.45, 2.75) is 38.0 Å². The van der Waals surface area contributed by atoms with Gasteiger partial charge in [0.05, 0.1) is 0 Å². The number of aliphatic carboxylic acids is 2. The Morgan fingerprint density at radius 3 is 2.09 bits per heavy atom. The molecule has 0 aliphatic carbocycles. The van der Waals surface area contributed by atoms with Gasteiger partial charge in [-0.25, -0.2) is 9.59 Å². The van der Waals surface area contributed by atoms with Crippen molar-refractivity contribution in [3.05, 3.63) is 65.7 Å². The average Bonchev–Trinajstić information content (AvgIpc) is 2.76. The van der Waals surface area contributed by atoms with Crippen molar-refractivity contribution in [3.63, 3.8) is 0 Å². The van der Waals surface area contributed by atoms with Crippen LogP contribution < -0.4 is 10.6 Å². The van der Waals surface area contributed by atoms with Gasteiger partial charge in [-0.2, -0.15) is 0 Å². The Kier molecular flexibility index (Phi) is 9.03. The molecular weight excluding hydrogens is 420 g/mol. The van der Waals surface area contributed by atoms with Gasteiger partial charge >= 0.3 is 18.0 Å². The first-order valence-corrected chi connectivity index (χ1v) is 9.74. The predicted octanol–water partition coefficient (Wildman–Crippen LogP) is 1.66. The van der Waals surface area contributed by atoms with E-state index >= 15 is 0 Å². The number of carbonyl (C=O) groups excluding carboxylic acids is 2. The SMILES string of the molecule is O=C(O)CCC(NC(=O)C(Cc1ccc(O)cc1)NC(=O)OCc1ccccc1)C(=O)O. The number of carbonyl (C=O) groups is 4. The average molecular weight is 444 g/mol. The van der Waals surface area contributed by atoms with Gasteiger partial charge in [0.15, 0.2) is 0 Å². The second-order valence-corrected chi connectivity index (χ2v) is 6.96. The summed E-state index contributed by atoms with van der Waals surface area (Å²) in [5.41, 5.74) is 1.32. The van der Waals surface area contributed by atoms with E-state index in [1.807, 2.05) is 6.07 Å². The molecule has 170 valence electrons. The molecule has 0 spiro atoms. The number of carboxylic acids is 2. The van der Waals surface area contributed by atoms with Crippen molar-refractivity contribution in [1.82, 2.24) is 10.6 Å². The van der Waals surface area contributed by atoms with Crippen molar-refractivity contribution in [3.8, 4) is 5.75 Å². The van der Waals surface area contributed by atoms with Gasteiger partial charge in [0, 0.05) is 12.8 Å². The molecule has 0 aliphatic rings. The number of phenols is 1. The highest BCUT2D eigenvalue weighted by atomic mass is 16.5. The number of amides is 2. The van der Waals surface area contributed by atoms with Crippen LogP contribution in [0.2, 0.25) is 0 Å². The molecule has 2 aromatic carbocycles. The Balaban J connectivity index is 2.08. The minimum Gasteiger partial charge on any atom is -0.508 e. The molecule has 0 aliphatic heterocycles. The number of ether oxygens (including phenoxy) is 1. The third-order valence-corrected chi connectivity index (χ3v) is 4.46. The first-order valence-electron chi connectivity index (χ1n) is 9.74. The van der Waals surface area contributed by atoms with Crippen LogP contribution in [0.5, 0.6) is 5.75 Å². The maximum absolute atomic E-state index is 12.7. The first-order chi connectivity index (χ1) is 15.2. The van der Waals surface area contributed by atoms with E-state index in [1.165, 1.54) is 12.1 Å². The molecule has 0 heterocycles. The quantitative estimate of drug-likeness (QED) is 0.349. The number of alkyl carbamates (subject to hydrolysis) is 1. The van der Waals surface area contributed by atoms with Crippen LogP contribution in [0.4, 0.5) is 4.79 Å². The normalized spacial score (nSPS) is 12.2. The lowest BCUT2D eigenvalue weighted by atomic mass is 10.0. The number of aromatic hydroxyl groups is 1. The number of hydrogen-bond acceptors (Lipinski definition) is 6. The van der Waals surface area contributed by atoms with E-state index in [0.717, 1.165) is 5.56 Å². The third kappa shape index (κ3) is 8.34. The van der Waals surface area contributed by atoms with Crippen molar-refractivity contribution >= 4 is 23.9 Å². The van der Waals surface area contributed by atoms with Crippen molar-refractivity contribution < 1.29 is 39.2 Å². The number of carboxylic acid groups (broad SMARTS) is 2. The van der Waals surface area contributed by atoms with E-state index in [1.54, 1.807) is 36.4 Å². The highest BCUT2D eigenvalue weighted by Gasteiger charge is 2.27. The summed E-state index contributed by atoms with van der Waals surface area (Å²) in [6.07, 6.45) is -1.67. The molecule has 2 aromatic rings. The topological polar surface area (TPSA) is 162 Å². The van der Waals surface area contributed by atoms with Gasteiger partial charge < -0.3 is 30.7 Å². The van der Waals surface area contributed by atoms with E-state index in [2.05, 4.69) is 10.6 Å². The molecule has 0 radical (unpaired) electrons. The van der Waals surface area contributed by atoms with E-state index < -0.39 is 42.4 Å². The summed E-state index contributed by atoms with van der Waals surface area (Å²) < 4.78 is 5.13. The number of nitrogens with one attached hydrogen (secondary N) is 2. The highest BCUT2D eigenvalue weighted by Crippen LogP contribution is 2.12. The Morgan fingerprint density at radius 1 is 0.844 bits per heavy atom.